The molecule has 0 spiro atoms. The highest BCUT2D eigenvalue weighted by Gasteiger charge is 2.36. The van der Waals surface area contributed by atoms with Gasteiger partial charge in [-0.25, -0.2) is 18.4 Å². The number of rotatable bonds is 16. The first-order valence-corrected chi connectivity index (χ1v) is 22.5. The van der Waals surface area contributed by atoms with Gasteiger partial charge in [-0.15, -0.1) is 0 Å². The summed E-state index contributed by atoms with van der Waals surface area (Å²) in [6.45, 7) is 6.37. The van der Waals surface area contributed by atoms with Gasteiger partial charge in [0.1, 0.15) is 10.8 Å². The number of halogens is 2. The Kier molecular flexibility index (Phi) is 17.1. The number of alkyl halides is 2. The van der Waals surface area contributed by atoms with Crippen LogP contribution in [0.1, 0.15) is 135 Å². The molecule has 17 nitrogen and oxygen atoms in total. The Labute approximate surface area is 367 Å². The van der Waals surface area contributed by atoms with E-state index in [1.54, 1.807) is 6.92 Å². The average molecular weight is 897 g/mol. The largest absolute Gasteiger partial charge is 0.466 e. The highest BCUT2D eigenvalue weighted by atomic mass is 19.3. The SMILES string of the molecule is CC(F)(F)C1CCC(=NOc2nc3oc(=O)cc(CC4CCCCC4)c3c(=O)[nH]2)CC1.CCCOCCCc1cc(=O)oc2nc(ON=C3CCC(CC(=O)OCC)CC3)[nH]c(=O)c12. The Bertz CT molecular complexity index is 2500. The molecule has 0 saturated heterocycles. The molecule has 64 heavy (non-hydrogen) atoms. The van der Waals surface area contributed by atoms with Gasteiger partial charge in [0.05, 0.1) is 18.0 Å². The van der Waals surface area contributed by atoms with Gasteiger partial charge in [0.15, 0.2) is 0 Å². The van der Waals surface area contributed by atoms with E-state index in [4.69, 9.17) is 28.0 Å². The molecule has 348 valence electrons. The molecule has 4 aromatic heterocycles. The second-order valence-electron chi connectivity index (χ2n) is 16.9. The summed E-state index contributed by atoms with van der Waals surface area (Å²) in [4.78, 5) is 84.9. The molecule has 0 radical (unpaired) electrons. The topological polar surface area (TPSA) is 231 Å². The molecule has 0 bridgehead atoms. The van der Waals surface area contributed by atoms with Crippen LogP contribution < -0.4 is 32.0 Å². The molecule has 3 fully saturated rings. The zero-order valence-electron chi connectivity index (χ0n) is 36.8. The summed E-state index contributed by atoms with van der Waals surface area (Å²) in [7, 11) is 0. The number of nitrogens with one attached hydrogen (secondary N) is 2. The summed E-state index contributed by atoms with van der Waals surface area (Å²) in [6, 6.07) is 2.36. The quantitative estimate of drug-likeness (QED) is 0.0625. The molecule has 3 aliphatic rings. The zero-order valence-corrected chi connectivity index (χ0v) is 36.8. The molecular weight excluding hydrogens is 839 g/mol. The van der Waals surface area contributed by atoms with E-state index < -0.39 is 34.2 Å². The molecule has 0 atom stereocenters. The average Bonchev–Trinajstić information content (AvgIpc) is 3.25. The summed E-state index contributed by atoms with van der Waals surface area (Å²) in [5.41, 5.74) is 0.448. The van der Waals surface area contributed by atoms with Crippen molar-refractivity contribution in [3.8, 4) is 12.0 Å². The number of aromatic nitrogens is 4. The third kappa shape index (κ3) is 13.7. The molecule has 0 amide bonds. The summed E-state index contributed by atoms with van der Waals surface area (Å²) >= 11 is 0. The van der Waals surface area contributed by atoms with Crippen LogP contribution in [-0.4, -0.2) is 63.1 Å². The van der Waals surface area contributed by atoms with E-state index in [1.165, 1.54) is 18.6 Å². The standard InChI is InChI=1S/C23H31N3O7.C22H27F2N3O4/c1-3-11-30-12-5-6-16-14-19(28)32-22-20(16)21(29)24-23(25-22)33-26-17-9-7-15(8-10-17)13-18(27)31-4-2;1-22(23,24)15-7-9-16(10-8-15)27-31-21-25-19(29)18-14(11-13-5-3-2-4-6-13)12-17(28)30-20(18)26-21/h14-15H,3-13H2,1-2H3,(H,24,25,29);12-13,15H,2-11H2,1H3,(H,25,26,29). The molecule has 4 aromatic rings. The van der Waals surface area contributed by atoms with Gasteiger partial charge < -0.3 is 28.0 Å². The number of H-pyrrole nitrogens is 2. The molecule has 4 heterocycles. The van der Waals surface area contributed by atoms with Gasteiger partial charge in [-0.05, 0) is 114 Å². The van der Waals surface area contributed by atoms with Crippen molar-refractivity contribution < 1.29 is 41.6 Å². The lowest BCUT2D eigenvalue weighted by Crippen LogP contribution is -2.29. The van der Waals surface area contributed by atoms with Crippen LogP contribution in [-0.2, 0) is 27.1 Å². The lowest BCUT2D eigenvalue weighted by molar-refractivity contribution is -0.144. The van der Waals surface area contributed by atoms with Gasteiger partial charge in [-0.2, -0.15) is 9.97 Å². The molecule has 0 aliphatic heterocycles. The predicted molar refractivity (Wildman–Crippen MR) is 233 cm³/mol. The maximum atomic E-state index is 13.4. The molecular formula is C45H58F2N6O11. The van der Waals surface area contributed by atoms with Crippen LogP contribution in [0.2, 0.25) is 0 Å². The summed E-state index contributed by atoms with van der Waals surface area (Å²) in [5, 5.41) is 8.57. The number of carbonyl (C=O) groups is 1. The Morgan fingerprint density at radius 2 is 1.31 bits per heavy atom. The predicted octanol–water partition coefficient (Wildman–Crippen LogP) is 7.69. The minimum Gasteiger partial charge on any atom is -0.466 e. The minimum absolute atomic E-state index is 0.0772. The van der Waals surface area contributed by atoms with Crippen LogP contribution in [0.5, 0.6) is 12.0 Å². The Balaban J connectivity index is 0.000000213. The van der Waals surface area contributed by atoms with Crippen LogP contribution in [0, 0.1) is 17.8 Å². The smallest absolute Gasteiger partial charge is 0.337 e. The fraction of sp³-hybridized carbons (Fsp3) is 0.622. The number of aromatic amines is 2. The van der Waals surface area contributed by atoms with Crippen molar-refractivity contribution in [1.82, 2.24) is 19.9 Å². The van der Waals surface area contributed by atoms with Crippen LogP contribution in [0.4, 0.5) is 8.78 Å². The summed E-state index contributed by atoms with van der Waals surface area (Å²) in [5.74, 6) is -2.84. The first kappa shape index (κ1) is 47.9. The third-order valence-electron chi connectivity index (χ3n) is 11.9. The van der Waals surface area contributed by atoms with Crippen LogP contribution in [0.25, 0.3) is 22.2 Å². The number of oxime groups is 2. The Hall–Kier alpha value is -5.59. The second kappa shape index (κ2) is 22.9. The Morgan fingerprint density at radius 1 is 0.766 bits per heavy atom. The maximum Gasteiger partial charge on any atom is 0.337 e. The van der Waals surface area contributed by atoms with Crippen molar-refractivity contribution in [2.75, 3.05) is 19.8 Å². The van der Waals surface area contributed by atoms with E-state index in [0.717, 1.165) is 57.6 Å². The van der Waals surface area contributed by atoms with Gasteiger partial charge in [-0.3, -0.25) is 24.4 Å². The fourth-order valence-electron chi connectivity index (χ4n) is 8.54. The molecule has 3 aliphatic carbocycles. The van der Waals surface area contributed by atoms with E-state index in [-0.39, 0.29) is 46.1 Å². The van der Waals surface area contributed by atoms with Gasteiger partial charge in [0.2, 0.25) is 17.3 Å². The third-order valence-corrected chi connectivity index (χ3v) is 11.9. The minimum atomic E-state index is -2.70. The molecule has 3 saturated carbocycles. The number of hydrogen-bond donors (Lipinski definition) is 2. The fourth-order valence-corrected chi connectivity index (χ4v) is 8.54. The Morgan fingerprint density at radius 3 is 1.86 bits per heavy atom. The first-order valence-electron chi connectivity index (χ1n) is 22.5. The number of carbonyl (C=O) groups excluding carboxylic acids is 1. The normalized spacial score (nSPS) is 18.3. The van der Waals surface area contributed by atoms with E-state index in [2.05, 4.69) is 30.2 Å². The maximum absolute atomic E-state index is 13.4. The number of hydrogen-bond acceptors (Lipinski definition) is 15. The van der Waals surface area contributed by atoms with E-state index in [1.807, 2.05) is 6.92 Å². The lowest BCUT2D eigenvalue weighted by atomic mass is 9.84. The molecule has 7 rings (SSSR count). The summed E-state index contributed by atoms with van der Waals surface area (Å²) < 4.78 is 47.6. The van der Waals surface area contributed by atoms with Crippen molar-refractivity contribution >= 4 is 39.6 Å². The van der Waals surface area contributed by atoms with Crippen molar-refractivity contribution in [3.63, 3.8) is 0 Å². The summed E-state index contributed by atoms with van der Waals surface area (Å²) in [6.07, 6.45) is 13.3. The van der Waals surface area contributed by atoms with Crippen LogP contribution in [0.15, 0.2) is 50.5 Å². The number of aryl methyl sites for hydroxylation is 1. The molecule has 2 N–H and O–H groups in total. The number of fused-ring (bicyclic) bond motifs is 2. The van der Waals surface area contributed by atoms with Crippen LogP contribution >= 0.6 is 0 Å². The first-order chi connectivity index (χ1) is 30.8. The molecule has 19 heteroatoms. The second-order valence-corrected chi connectivity index (χ2v) is 16.9. The highest BCUT2D eigenvalue weighted by Crippen LogP contribution is 2.35. The van der Waals surface area contributed by atoms with Gasteiger partial charge in [0, 0.05) is 37.7 Å². The van der Waals surface area contributed by atoms with Crippen LogP contribution in [0.3, 0.4) is 0 Å². The van der Waals surface area contributed by atoms with Gasteiger partial charge >= 0.3 is 29.2 Å². The lowest BCUT2D eigenvalue weighted by Gasteiger charge is -2.27. The van der Waals surface area contributed by atoms with Crippen molar-refractivity contribution in [2.24, 2.45) is 28.1 Å². The van der Waals surface area contributed by atoms with Crippen molar-refractivity contribution in [3.05, 3.63) is 64.8 Å². The van der Waals surface area contributed by atoms with Crippen molar-refractivity contribution in [2.45, 2.75) is 142 Å². The highest BCUT2D eigenvalue weighted by molar-refractivity contribution is 5.85. The number of ether oxygens (including phenoxy) is 2. The monoisotopic (exact) mass is 896 g/mol. The van der Waals surface area contributed by atoms with Gasteiger partial charge in [0.25, 0.3) is 11.1 Å². The van der Waals surface area contributed by atoms with E-state index in [0.29, 0.717) is 107 Å². The number of nitrogens with zero attached hydrogens (tertiary/aromatic N) is 4. The van der Waals surface area contributed by atoms with Gasteiger partial charge in [-0.1, -0.05) is 49.3 Å². The molecule has 0 unspecified atom stereocenters. The molecule has 0 aromatic carbocycles. The van der Waals surface area contributed by atoms with Crippen molar-refractivity contribution in [1.29, 1.82) is 0 Å². The van der Waals surface area contributed by atoms with E-state index >= 15 is 0 Å². The van der Waals surface area contributed by atoms with E-state index in [9.17, 15) is 32.8 Å². The zero-order chi connectivity index (χ0) is 45.6. The number of esters is 1.